The maximum atomic E-state index is 13.0. The molecule has 8 nitrogen and oxygen atoms in total. The fourth-order valence-electron chi connectivity index (χ4n) is 4.40. The van der Waals surface area contributed by atoms with Crippen LogP contribution < -0.4 is 5.32 Å². The van der Waals surface area contributed by atoms with Crippen molar-refractivity contribution in [3.8, 4) is 6.07 Å². The van der Waals surface area contributed by atoms with Gasteiger partial charge in [0.15, 0.2) is 5.69 Å². The Morgan fingerprint density at radius 3 is 2.47 bits per heavy atom. The first kappa shape index (κ1) is 20.2. The monoisotopic (exact) mass is 409 g/mol. The zero-order valence-corrected chi connectivity index (χ0v) is 18.0. The maximum Gasteiger partial charge on any atom is 0.410 e. The number of nitrogens with one attached hydrogen (secondary N) is 1. The van der Waals surface area contributed by atoms with Crippen LogP contribution in [0.1, 0.15) is 46.1 Å². The molecule has 3 atom stereocenters. The van der Waals surface area contributed by atoms with Gasteiger partial charge in [-0.2, -0.15) is 5.26 Å². The van der Waals surface area contributed by atoms with E-state index in [1.165, 1.54) is 0 Å². The number of fused-ring (bicyclic) bond motifs is 2. The Hall–Kier alpha value is -3.08. The molecule has 4 rings (SSSR count). The number of nitrogens with zero attached hydrogens (tertiary/aromatic N) is 4. The third kappa shape index (κ3) is 3.49. The molecule has 0 aromatic carbocycles. The number of hydrogen-bond donors (Lipinski definition) is 1. The highest BCUT2D eigenvalue weighted by molar-refractivity contribution is 5.84. The molecule has 1 aliphatic carbocycles. The van der Waals surface area contributed by atoms with Gasteiger partial charge in [-0.1, -0.05) is 6.07 Å². The smallest absolute Gasteiger partial charge is 0.410 e. The second-order valence-electron chi connectivity index (χ2n) is 9.70. The summed E-state index contributed by atoms with van der Waals surface area (Å²) in [5.74, 6) is 0.804. The van der Waals surface area contributed by atoms with Crippen molar-refractivity contribution >= 4 is 17.5 Å². The summed E-state index contributed by atoms with van der Waals surface area (Å²) in [6.45, 7) is 10.4. The van der Waals surface area contributed by atoms with Crippen LogP contribution in [-0.2, 0) is 15.1 Å². The van der Waals surface area contributed by atoms with Crippen molar-refractivity contribution in [2.75, 3.05) is 13.1 Å². The van der Waals surface area contributed by atoms with E-state index in [0.29, 0.717) is 30.1 Å². The molecule has 2 aromatic heterocycles. The van der Waals surface area contributed by atoms with Gasteiger partial charge in [-0.15, -0.1) is 0 Å². The van der Waals surface area contributed by atoms with E-state index in [2.05, 4.69) is 16.4 Å². The number of rotatable bonds is 3. The number of carbonyl (C=O) groups excluding carboxylic acids is 2. The molecule has 1 saturated heterocycles. The molecule has 2 fully saturated rings. The number of nitriles is 1. The first-order valence-corrected chi connectivity index (χ1v) is 10.2. The molecule has 0 spiro atoms. The van der Waals surface area contributed by atoms with Crippen LogP contribution in [-0.4, -0.2) is 45.0 Å². The number of amides is 2. The summed E-state index contributed by atoms with van der Waals surface area (Å²) in [6, 6.07) is 7.68. The van der Waals surface area contributed by atoms with Crippen LogP contribution in [0, 0.1) is 29.1 Å². The van der Waals surface area contributed by atoms with Gasteiger partial charge < -0.3 is 19.4 Å². The Balaban J connectivity index is 1.43. The highest BCUT2D eigenvalue weighted by Gasteiger charge is 2.61. The van der Waals surface area contributed by atoms with Gasteiger partial charge in [0, 0.05) is 25.2 Å². The first-order valence-electron chi connectivity index (χ1n) is 10.2. The number of aromatic nitrogens is 2. The molecule has 0 bridgehead atoms. The molecule has 1 aliphatic heterocycles. The fourth-order valence-corrected chi connectivity index (χ4v) is 4.40. The van der Waals surface area contributed by atoms with Gasteiger partial charge >= 0.3 is 6.09 Å². The van der Waals surface area contributed by atoms with Crippen molar-refractivity contribution in [2.24, 2.45) is 17.8 Å². The summed E-state index contributed by atoms with van der Waals surface area (Å²) >= 11 is 0. The van der Waals surface area contributed by atoms with E-state index >= 15 is 0 Å². The van der Waals surface area contributed by atoms with Crippen LogP contribution in [0.4, 0.5) is 4.79 Å². The molecule has 30 heavy (non-hydrogen) atoms. The van der Waals surface area contributed by atoms with Gasteiger partial charge in [0.05, 0.1) is 11.1 Å². The first-order chi connectivity index (χ1) is 14.0. The molecule has 3 heterocycles. The van der Waals surface area contributed by atoms with Gasteiger partial charge in [0.1, 0.15) is 17.5 Å². The van der Waals surface area contributed by atoms with Crippen molar-refractivity contribution in [1.29, 1.82) is 5.26 Å². The lowest BCUT2D eigenvalue weighted by Gasteiger charge is -2.27. The molecular formula is C22H27N5O3. The van der Waals surface area contributed by atoms with Crippen LogP contribution in [0.5, 0.6) is 0 Å². The zero-order chi connectivity index (χ0) is 21.8. The van der Waals surface area contributed by atoms with Gasteiger partial charge in [0.25, 0.3) is 0 Å². The van der Waals surface area contributed by atoms with Gasteiger partial charge in [-0.3, -0.25) is 4.79 Å². The number of imidazole rings is 1. The summed E-state index contributed by atoms with van der Waals surface area (Å²) < 4.78 is 7.27. The number of hydrogen-bond acceptors (Lipinski definition) is 5. The highest BCUT2D eigenvalue weighted by Crippen LogP contribution is 2.52. The lowest BCUT2D eigenvalue weighted by molar-refractivity contribution is -0.125. The average molecular weight is 409 g/mol. The van der Waals surface area contributed by atoms with Crippen molar-refractivity contribution in [2.45, 2.75) is 45.8 Å². The second kappa shape index (κ2) is 6.73. The minimum absolute atomic E-state index is 0.0370. The lowest BCUT2D eigenvalue weighted by atomic mass is 10.0. The maximum absolute atomic E-state index is 13.0. The molecule has 0 radical (unpaired) electrons. The predicted octanol–water partition coefficient (Wildman–Crippen LogP) is 2.67. The summed E-state index contributed by atoms with van der Waals surface area (Å²) in [4.78, 5) is 31.4. The van der Waals surface area contributed by atoms with E-state index in [1.807, 2.05) is 63.4 Å². The van der Waals surface area contributed by atoms with Gasteiger partial charge in [-0.05, 0) is 58.6 Å². The van der Waals surface area contributed by atoms with Gasteiger partial charge in [-0.25, -0.2) is 9.78 Å². The van der Waals surface area contributed by atoms with E-state index in [9.17, 15) is 14.9 Å². The third-order valence-electron chi connectivity index (χ3n) is 5.80. The van der Waals surface area contributed by atoms with Crippen molar-refractivity contribution in [3.63, 3.8) is 0 Å². The van der Waals surface area contributed by atoms with E-state index in [0.717, 1.165) is 0 Å². The van der Waals surface area contributed by atoms with Crippen LogP contribution in [0.15, 0.2) is 24.4 Å². The molecule has 2 aliphatic rings. The molecule has 8 heteroatoms. The normalized spacial score (nSPS) is 23.1. The minimum atomic E-state index is -0.752. The van der Waals surface area contributed by atoms with Crippen LogP contribution >= 0.6 is 0 Å². The SMILES string of the molecule is CC(C)(C)OC(=O)N1C[C@@H]2[C@H](C1)[C@H]2C(=O)NC(C)(C)c1nc(C#N)c2ccccn12. The standard InChI is InChI=1S/C22H27N5O3/c1-21(2,3)30-20(29)26-11-13-14(12-26)17(13)18(28)25-22(4,5)19-24-15(10-23)16-8-6-7-9-27(16)19/h6-9,13-14,17H,11-12H2,1-5H3,(H,25,28)/t13-,14+,17+. The van der Waals surface area contributed by atoms with Crippen LogP contribution in [0.2, 0.25) is 0 Å². The Kier molecular flexibility index (Phi) is 4.53. The summed E-state index contributed by atoms with van der Waals surface area (Å²) in [5.41, 5.74) is -0.226. The second-order valence-corrected chi connectivity index (χ2v) is 9.70. The van der Waals surface area contributed by atoms with Crippen molar-refractivity contribution in [1.82, 2.24) is 19.6 Å². The molecule has 0 unspecified atom stereocenters. The summed E-state index contributed by atoms with van der Waals surface area (Å²) in [5, 5.41) is 12.5. The third-order valence-corrected chi connectivity index (χ3v) is 5.80. The Labute approximate surface area is 175 Å². The number of pyridine rings is 1. The average Bonchev–Trinajstić information content (AvgIpc) is 3.01. The largest absolute Gasteiger partial charge is 0.444 e. The minimum Gasteiger partial charge on any atom is -0.444 e. The van der Waals surface area contributed by atoms with E-state index in [-0.39, 0.29) is 29.8 Å². The zero-order valence-electron chi connectivity index (χ0n) is 18.0. The molecule has 2 aromatic rings. The van der Waals surface area contributed by atoms with Crippen molar-refractivity contribution < 1.29 is 14.3 Å². The van der Waals surface area contributed by atoms with Gasteiger partial charge in [0.2, 0.25) is 5.91 Å². The summed E-state index contributed by atoms with van der Waals surface area (Å²) in [6.07, 6.45) is 1.53. The lowest BCUT2D eigenvalue weighted by Crippen LogP contribution is -2.45. The molecular weight excluding hydrogens is 382 g/mol. The number of piperidine rings is 1. The predicted molar refractivity (Wildman–Crippen MR) is 109 cm³/mol. The highest BCUT2D eigenvalue weighted by atomic mass is 16.6. The van der Waals surface area contributed by atoms with Crippen LogP contribution in [0.3, 0.4) is 0 Å². The fraction of sp³-hybridized carbons (Fsp3) is 0.545. The van der Waals surface area contributed by atoms with E-state index < -0.39 is 11.1 Å². The molecule has 1 N–H and O–H groups in total. The number of ether oxygens (including phenoxy) is 1. The molecule has 1 saturated carbocycles. The summed E-state index contributed by atoms with van der Waals surface area (Å²) in [7, 11) is 0. The molecule has 158 valence electrons. The van der Waals surface area contributed by atoms with Crippen molar-refractivity contribution in [3.05, 3.63) is 35.9 Å². The van der Waals surface area contributed by atoms with E-state index in [4.69, 9.17) is 4.74 Å². The Morgan fingerprint density at radius 1 is 1.20 bits per heavy atom. The topological polar surface area (TPSA) is 99.7 Å². The number of carbonyl (C=O) groups is 2. The Morgan fingerprint density at radius 2 is 1.87 bits per heavy atom. The quantitative estimate of drug-likeness (QED) is 0.840. The Bertz CT molecular complexity index is 1050. The van der Waals surface area contributed by atoms with Crippen LogP contribution in [0.25, 0.3) is 5.52 Å². The van der Waals surface area contributed by atoms with E-state index in [1.54, 1.807) is 4.90 Å². The molecule has 2 amide bonds. The number of likely N-dealkylation sites (tertiary alicyclic amines) is 1.